The summed E-state index contributed by atoms with van der Waals surface area (Å²) in [6.07, 6.45) is 1.09. The number of carboxylic acids is 1. The molecule has 0 saturated carbocycles. The van der Waals surface area contributed by atoms with E-state index in [0.717, 1.165) is 18.5 Å². The van der Waals surface area contributed by atoms with E-state index in [0.29, 0.717) is 18.2 Å². The lowest BCUT2D eigenvalue weighted by Gasteiger charge is -2.18. The van der Waals surface area contributed by atoms with Crippen LogP contribution in [0.15, 0.2) is 18.2 Å². The maximum atomic E-state index is 13.7. The predicted molar refractivity (Wildman–Crippen MR) is 78.5 cm³/mol. The maximum Gasteiger partial charge on any atom is 0.323 e. The SMILES string of the molecule is CC(C)CCNCc1ccc(F)c(N(C)CC(=O)O)c1. The summed E-state index contributed by atoms with van der Waals surface area (Å²) in [5, 5.41) is 12.1. The molecule has 0 heterocycles. The predicted octanol–water partition coefficient (Wildman–Crippen LogP) is 2.48. The second kappa shape index (κ2) is 7.85. The molecular weight excluding hydrogens is 259 g/mol. The van der Waals surface area contributed by atoms with Crippen LogP contribution in [0.2, 0.25) is 0 Å². The highest BCUT2D eigenvalue weighted by Crippen LogP contribution is 2.19. The zero-order chi connectivity index (χ0) is 15.1. The molecule has 1 rings (SSSR count). The Morgan fingerprint density at radius 3 is 2.75 bits per heavy atom. The van der Waals surface area contributed by atoms with Gasteiger partial charge in [0.1, 0.15) is 12.4 Å². The minimum absolute atomic E-state index is 0.221. The van der Waals surface area contributed by atoms with Gasteiger partial charge in [0, 0.05) is 13.6 Å². The van der Waals surface area contributed by atoms with E-state index in [1.54, 1.807) is 19.2 Å². The first-order valence-electron chi connectivity index (χ1n) is 6.82. The fourth-order valence-corrected chi connectivity index (χ4v) is 1.87. The molecule has 0 atom stereocenters. The fraction of sp³-hybridized carbons (Fsp3) is 0.533. The van der Waals surface area contributed by atoms with Crippen molar-refractivity contribution in [2.75, 3.05) is 25.0 Å². The van der Waals surface area contributed by atoms with Gasteiger partial charge in [-0.15, -0.1) is 0 Å². The maximum absolute atomic E-state index is 13.7. The molecule has 0 spiro atoms. The topological polar surface area (TPSA) is 52.6 Å². The Balaban J connectivity index is 2.63. The van der Waals surface area contributed by atoms with Gasteiger partial charge in [-0.05, 0) is 36.6 Å². The van der Waals surface area contributed by atoms with E-state index in [1.165, 1.54) is 11.0 Å². The van der Waals surface area contributed by atoms with Crippen molar-refractivity contribution in [3.63, 3.8) is 0 Å². The number of benzene rings is 1. The molecule has 0 aliphatic carbocycles. The Hall–Kier alpha value is -1.62. The molecule has 0 aromatic heterocycles. The number of carboxylic acid groups (broad SMARTS) is 1. The molecular formula is C15H23FN2O2. The summed E-state index contributed by atoms with van der Waals surface area (Å²) in [5.41, 5.74) is 1.26. The molecule has 0 aliphatic rings. The molecule has 0 unspecified atom stereocenters. The van der Waals surface area contributed by atoms with Crippen LogP contribution < -0.4 is 10.2 Å². The number of carbonyl (C=O) groups is 1. The van der Waals surface area contributed by atoms with Gasteiger partial charge in [0.2, 0.25) is 0 Å². The van der Waals surface area contributed by atoms with Crippen molar-refractivity contribution in [1.82, 2.24) is 5.32 Å². The molecule has 2 N–H and O–H groups in total. The third kappa shape index (κ3) is 5.57. The number of hydrogen-bond acceptors (Lipinski definition) is 3. The molecule has 5 heteroatoms. The van der Waals surface area contributed by atoms with Gasteiger partial charge >= 0.3 is 5.97 Å². The third-order valence-electron chi connectivity index (χ3n) is 3.02. The summed E-state index contributed by atoms with van der Waals surface area (Å²) in [6.45, 7) is 5.68. The average molecular weight is 282 g/mol. The summed E-state index contributed by atoms with van der Waals surface area (Å²) in [7, 11) is 1.57. The van der Waals surface area contributed by atoms with E-state index < -0.39 is 11.8 Å². The van der Waals surface area contributed by atoms with Crippen LogP contribution in [-0.2, 0) is 11.3 Å². The van der Waals surface area contributed by atoms with E-state index in [9.17, 15) is 9.18 Å². The van der Waals surface area contributed by atoms with E-state index in [1.807, 2.05) is 0 Å². The van der Waals surface area contributed by atoms with Gasteiger partial charge in [0.25, 0.3) is 0 Å². The van der Waals surface area contributed by atoms with E-state index in [4.69, 9.17) is 5.11 Å². The number of anilines is 1. The summed E-state index contributed by atoms with van der Waals surface area (Å²) in [6, 6.07) is 4.80. The van der Waals surface area contributed by atoms with Crippen molar-refractivity contribution >= 4 is 11.7 Å². The van der Waals surface area contributed by atoms with Crippen LogP contribution in [-0.4, -0.2) is 31.2 Å². The molecule has 0 amide bonds. The first-order chi connectivity index (χ1) is 9.40. The minimum atomic E-state index is -0.979. The number of hydrogen-bond donors (Lipinski definition) is 2. The summed E-state index contributed by atoms with van der Waals surface area (Å²) < 4.78 is 13.7. The van der Waals surface area contributed by atoms with E-state index in [2.05, 4.69) is 19.2 Å². The number of halogens is 1. The summed E-state index contributed by atoms with van der Waals surface area (Å²) in [4.78, 5) is 12.1. The second-order valence-electron chi connectivity index (χ2n) is 5.39. The first kappa shape index (κ1) is 16.4. The zero-order valence-electron chi connectivity index (χ0n) is 12.3. The largest absolute Gasteiger partial charge is 0.480 e. The monoisotopic (exact) mass is 282 g/mol. The number of rotatable bonds is 8. The molecule has 4 nitrogen and oxygen atoms in total. The Bertz CT molecular complexity index is 449. The van der Waals surface area contributed by atoms with Gasteiger partial charge < -0.3 is 15.3 Å². The Labute approximate surface area is 119 Å². The first-order valence-corrected chi connectivity index (χ1v) is 6.82. The van der Waals surface area contributed by atoms with Crippen LogP contribution in [0.3, 0.4) is 0 Å². The van der Waals surface area contributed by atoms with E-state index in [-0.39, 0.29) is 6.54 Å². The van der Waals surface area contributed by atoms with Gasteiger partial charge in [0.05, 0.1) is 5.69 Å². The molecule has 0 fully saturated rings. The third-order valence-corrected chi connectivity index (χ3v) is 3.02. The molecule has 1 aromatic carbocycles. The lowest BCUT2D eigenvalue weighted by Crippen LogP contribution is -2.26. The highest BCUT2D eigenvalue weighted by molar-refractivity contribution is 5.73. The van der Waals surface area contributed by atoms with Crippen molar-refractivity contribution in [2.45, 2.75) is 26.8 Å². The highest BCUT2D eigenvalue weighted by Gasteiger charge is 2.11. The quantitative estimate of drug-likeness (QED) is 0.719. The van der Waals surface area contributed by atoms with E-state index >= 15 is 0 Å². The van der Waals surface area contributed by atoms with Gasteiger partial charge in [-0.3, -0.25) is 4.79 Å². The number of likely N-dealkylation sites (N-methyl/N-ethyl adjacent to an activating group) is 1. The normalized spacial score (nSPS) is 10.8. The van der Waals surface area contributed by atoms with Crippen molar-refractivity contribution in [3.8, 4) is 0 Å². The number of nitrogens with one attached hydrogen (secondary N) is 1. The molecule has 0 saturated heterocycles. The Kier molecular flexibility index (Phi) is 6.45. The van der Waals surface area contributed by atoms with Crippen molar-refractivity contribution in [1.29, 1.82) is 0 Å². The minimum Gasteiger partial charge on any atom is -0.480 e. The second-order valence-corrected chi connectivity index (χ2v) is 5.39. The Morgan fingerprint density at radius 2 is 2.15 bits per heavy atom. The average Bonchev–Trinajstić information content (AvgIpc) is 2.35. The van der Waals surface area contributed by atoms with Crippen molar-refractivity contribution < 1.29 is 14.3 Å². The molecule has 0 aliphatic heterocycles. The molecule has 0 radical (unpaired) electrons. The fourth-order valence-electron chi connectivity index (χ4n) is 1.87. The van der Waals surface area contributed by atoms with Gasteiger partial charge in [-0.1, -0.05) is 19.9 Å². The Morgan fingerprint density at radius 1 is 1.45 bits per heavy atom. The highest BCUT2D eigenvalue weighted by atomic mass is 19.1. The van der Waals surface area contributed by atoms with Gasteiger partial charge in [-0.2, -0.15) is 0 Å². The lowest BCUT2D eigenvalue weighted by atomic mass is 10.1. The van der Waals surface area contributed by atoms with Crippen LogP contribution in [0.5, 0.6) is 0 Å². The summed E-state index contributed by atoms with van der Waals surface area (Å²) in [5.74, 6) is -0.736. The molecule has 1 aromatic rings. The van der Waals surface area contributed by atoms with Crippen LogP contribution >= 0.6 is 0 Å². The van der Waals surface area contributed by atoms with Gasteiger partial charge in [-0.25, -0.2) is 4.39 Å². The smallest absolute Gasteiger partial charge is 0.323 e. The number of nitrogens with zero attached hydrogens (tertiary/aromatic N) is 1. The van der Waals surface area contributed by atoms with Crippen molar-refractivity contribution in [2.24, 2.45) is 5.92 Å². The summed E-state index contributed by atoms with van der Waals surface area (Å²) >= 11 is 0. The zero-order valence-corrected chi connectivity index (χ0v) is 12.3. The standard InChI is InChI=1S/C15H23FN2O2/c1-11(2)6-7-17-9-12-4-5-13(16)14(8-12)18(3)10-15(19)20/h4-5,8,11,17H,6-7,9-10H2,1-3H3,(H,19,20). The van der Waals surface area contributed by atoms with Crippen molar-refractivity contribution in [3.05, 3.63) is 29.6 Å². The van der Waals surface area contributed by atoms with Crippen LogP contribution in [0, 0.1) is 11.7 Å². The van der Waals surface area contributed by atoms with Crippen LogP contribution in [0.1, 0.15) is 25.8 Å². The van der Waals surface area contributed by atoms with Gasteiger partial charge in [0.15, 0.2) is 0 Å². The molecule has 112 valence electrons. The van der Waals surface area contributed by atoms with Crippen LogP contribution in [0.4, 0.5) is 10.1 Å². The molecule has 0 bridgehead atoms. The number of aliphatic carboxylic acids is 1. The van der Waals surface area contributed by atoms with Crippen LogP contribution in [0.25, 0.3) is 0 Å². The lowest BCUT2D eigenvalue weighted by molar-refractivity contribution is -0.135. The molecule has 20 heavy (non-hydrogen) atoms.